The van der Waals surface area contributed by atoms with Gasteiger partial charge in [-0.3, -0.25) is 0 Å². The Bertz CT molecular complexity index is 616. The molecule has 1 fully saturated rings. The predicted octanol–water partition coefficient (Wildman–Crippen LogP) is 4.54. The van der Waals surface area contributed by atoms with Gasteiger partial charge >= 0.3 is 0 Å². The van der Waals surface area contributed by atoms with Crippen molar-refractivity contribution in [1.29, 1.82) is 0 Å². The van der Waals surface area contributed by atoms with Crippen LogP contribution in [0.1, 0.15) is 38.4 Å². The van der Waals surface area contributed by atoms with Crippen molar-refractivity contribution in [3.63, 3.8) is 0 Å². The Hall–Kier alpha value is -1.09. The number of benzene rings is 1. The highest BCUT2D eigenvalue weighted by atomic mass is 35.5. The number of fused-ring (bicyclic) bond motifs is 1. The monoisotopic (exact) mass is 294 g/mol. The zero-order valence-electron chi connectivity index (χ0n) is 11.8. The van der Waals surface area contributed by atoms with Crippen molar-refractivity contribution in [3.8, 4) is 0 Å². The number of hydrogen-bond donors (Lipinski definition) is 0. The number of hydrogen-bond acceptors (Lipinski definition) is 1. The summed E-state index contributed by atoms with van der Waals surface area (Å²) in [6.07, 6.45) is 5.72. The van der Waals surface area contributed by atoms with Gasteiger partial charge in [-0.2, -0.15) is 0 Å². The minimum Gasteiger partial charge on any atom is -0.327 e. The quantitative estimate of drug-likeness (QED) is 0.715. The van der Waals surface area contributed by atoms with Crippen molar-refractivity contribution in [2.45, 2.75) is 45.6 Å². The molecule has 20 heavy (non-hydrogen) atoms. The molecule has 1 aliphatic rings. The van der Waals surface area contributed by atoms with E-state index in [9.17, 15) is 4.39 Å². The number of alkyl halides is 1. The van der Waals surface area contributed by atoms with Gasteiger partial charge in [-0.05, 0) is 42.9 Å². The van der Waals surface area contributed by atoms with Crippen LogP contribution in [0.15, 0.2) is 18.2 Å². The van der Waals surface area contributed by atoms with Crippen LogP contribution in [0.4, 0.5) is 4.39 Å². The van der Waals surface area contributed by atoms with Gasteiger partial charge in [-0.25, -0.2) is 9.37 Å². The zero-order valence-corrected chi connectivity index (χ0v) is 12.6. The Kier molecular flexibility index (Phi) is 3.72. The van der Waals surface area contributed by atoms with Crippen molar-refractivity contribution in [2.75, 3.05) is 5.88 Å². The molecular formula is C16H20ClFN2. The summed E-state index contributed by atoms with van der Waals surface area (Å²) in [5.41, 5.74) is 2.20. The van der Waals surface area contributed by atoms with E-state index in [2.05, 4.69) is 16.5 Å². The first-order chi connectivity index (χ1) is 9.67. The van der Waals surface area contributed by atoms with Gasteiger partial charge in [0.2, 0.25) is 0 Å². The third-order valence-electron chi connectivity index (χ3n) is 4.34. The number of rotatable bonds is 6. The van der Waals surface area contributed by atoms with E-state index < -0.39 is 0 Å². The highest BCUT2D eigenvalue weighted by Crippen LogP contribution is 2.51. The van der Waals surface area contributed by atoms with Gasteiger partial charge in [0.05, 0.1) is 11.0 Å². The van der Waals surface area contributed by atoms with Gasteiger partial charge in [-0.1, -0.05) is 13.3 Å². The van der Waals surface area contributed by atoms with Gasteiger partial charge in [0.1, 0.15) is 11.6 Å². The minimum atomic E-state index is -0.198. The van der Waals surface area contributed by atoms with Gasteiger partial charge in [0.25, 0.3) is 0 Å². The summed E-state index contributed by atoms with van der Waals surface area (Å²) >= 11 is 5.89. The van der Waals surface area contributed by atoms with E-state index in [-0.39, 0.29) is 5.82 Å². The molecule has 0 aliphatic heterocycles. The lowest BCUT2D eigenvalue weighted by atomic mass is 10.0. The van der Waals surface area contributed by atoms with E-state index in [1.165, 1.54) is 31.7 Å². The molecule has 2 nitrogen and oxygen atoms in total. The van der Waals surface area contributed by atoms with E-state index >= 15 is 0 Å². The Morgan fingerprint density at radius 2 is 2.20 bits per heavy atom. The molecule has 1 aromatic carbocycles. The van der Waals surface area contributed by atoms with E-state index in [1.807, 2.05) is 0 Å². The number of imidazole rings is 1. The standard InChI is InChI=1S/C16H20ClFN2/c1-2-6-16(7-8-16)11-20-14-10-12(18)3-4-13(14)19-15(20)5-9-17/h3-4,10H,2,5-9,11H2,1H3. The first kappa shape index (κ1) is 13.9. The maximum absolute atomic E-state index is 13.5. The molecule has 4 heteroatoms. The summed E-state index contributed by atoms with van der Waals surface area (Å²) in [7, 11) is 0. The molecule has 0 saturated heterocycles. The molecule has 0 radical (unpaired) electrons. The summed E-state index contributed by atoms with van der Waals surface area (Å²) in [4.78, 5) is 4.63. The molecule has 0 unspecified atom stereocenters. The van der Waals surface area contributed by atoms with Crippen molar-refractivity contribution >= 4 is 22.6 Å². The van der Waals surface area contributed by atoms with Crippen LogP contribution in [0.5, 0.6) is 0 Å². The molecule has 0 N–H and O–H groups in total. The molecule has 0 bridgehead atoms. The smallest absolute Gasteiger partial charge is 0.125 e. The fraction of sp³-hybridized carbons (Fsp3) is 0.562. The van der Waals surface area contributed by atoms with Crippen molar-refractivity contribution in [1.82, 2.24) is 9.55 Å². The van der Waals surface area contributed by atoms with Crippen LogP contribution in [-0.2, 0) is 13.0 Å². The lowest BCUT2D eigenvalue weighted by Gasteiger charge is -2.17. The number of halogens is 2. The van der Waals surface area contributed by atoms with Crippen LogP contribution in [0, 0.1) is 11.2 Å². The second-order valence-corrected chi connectivity index (χ2v) is 6.31. The van der Waals surface area contributed by atoms with Gasteiger partial charge in [-0.15, -0.1) is 11.6 Å². The molecule has 2 aromatic rings. The van der Waals surface area contributed by atoms with E-state index in [0.717, 1.165) is 29.8 Å². The van der Waals surface area contributed by atoms with Crippen LogP contribution < -0.4 is 0 Å². The SMILES string of the molecule is CCCC1(Cn2c(CCCl)nc3ccc(F)cc32)CC1. The summed E-state index contributed by atoms with van der Waals surface area (Å²) in [5, 5.41) is 0. The first-order valence-electron chi connectivity index (χ1n) is 7.38. The highest BCUT2D eigenvalue weighted by Gasteiger charge is 2.42. The molecule has 3 rings (SSSR count). The molecular weight excluding hydrogens is 275 g/mol. The number of aromatic nitrogens is 2. The second kappa shape index (κ2) is 5.36. The van der Waals surface area contributed by atoms with Gasteiger partial charge in [0.15, 0.2) is 0 Å². The van der Waals surface area contributed by atoms with Gasteiger partial charge in [0, 0.05) is 18.8 Å². The Balaban J connectivity index is 2.01. The second-order valence-electron chi connectivity index (χ2n) is 5.94. The summed E-state index contributed by atoms with van der Waals surface area (Å²) in [6.45, 7) is 3.18. The normalized spacial score (nSPS) is 16.8. The topological polar surface area (TPSA) is 17.8 Å². The van der Waals surface area contributed by atoms with Crippen molar-refractivity contribution < 1.29 is 4.39 Å². The maximum atomic E-state index is 13.5. The van der Waals surface area contributed by atoms with E-state index in [0.29, 0.717) is 11.3 Å². The van der Waals surface area contributed by atoms with Crippen LogP contribution in [0.25, 0.3) is 11.0 Å². The van der Waals surface area contributed by atoms with Crippen LogP contribution in [-0.4, -0.2) is 15.4 Å². The van der Waals surface area contributed by atoms with Crippen LogP contribution >= 0.6 is 11.6 Å². The molecule has 1 saturated carbocycles. The number of aryl methyl sites for hydroxylation is 1. The average Bonchev–Trinajstić information content (AvgIpc) is 3.10. The number of nitrogens with zero attached hydrogens (tertiary/aromatic N) is 2. The Morgan fingerprint density at radius 3 is 2.85 bits per heavy atom. The zero-order chi connectivity index (χ0) is 14.2. The molecule has 1 aromatic heterocycles. The predicted molar refractivity (Wildman–Crippen MR) is 80.7 cm³/mol. The summed E-state index contributed by atoms with van der Waals surface area (Å²) in [5.74, 6) is 1.34. The lowest BCUT2D eigenvalue weighted by Crippen LogP contribution is -2.14. The average molecular weight is 295 g/mol. The first-order valence-corrected chi connectivity index (χ1v) is 7.91. The van der Waals surface area contributed by atoms with Crippen molar-refractivity contribution in [2.24, 2.45) is 5.41 Å². The van der Waals surface area contributed by atoms with E-state index in [1.54, 1.807) is 12.1 Å². The third kappa shape index (κ3) is 2.56. The summed E-state index contributed by atoms with van der Waals surface area (Å²) < 4.78 is 15.7. The molecule has 0 amide bonds. The van der Waals surface area contributed by atoms with Crippen LogP contribution in [0.3, 0.4) is 0 Å². The van der Waals surface area contributed by atoms with Gasteiger partial charge < -0.3 is 4.57 Å². The minimum absolute atomic E-state index is 0.198. The molecule has 0 spiro atoms. The van der Waals surface area contributed by atoms with Crippen LogP contribution in [0.2, 0.25) is 0 Å². The molecule has 1 aliphatic carbocycles. The molecule has 0 atom stereocenters. The lowest BCUT2D eigenvalue weighted by molar-refractivity contribution is 0.387. The maximum Gasteiger partial charge on any atom is 0.125 e. The molecule has 108 valence electrons. The largest absolute Gasteiger partial charge is 0.327 e. The van der Waals surface area contributed by atoms with E-state index in [4.69, 9.17) is 11.6 Å². The Morgan fingerprint density at radius 1 is 1.40 bits per heavy atom. The fourth-order valence-corrected chi connectivity index (χ4v) is 3.30. The molecule has 1 heterocycles. The fourth-order valence-electron chi connectivity index (χ4n) is 3.13. The third-order valence-corrected chi connectivity index (χ3v) is 4.53. The highest BCUT2D eigenvalue weighted by molar-refractivity contribution is 6.17. The Labute approximate surface area is 123 Å². The summed E-state index contributed by atoms with van der Waals surface area (Å²) in [6, 6.07) is 4.84. The van der Waals surface area contributed by atoms with Crippen molar-refractivity contribution in [3.05, 3.63) is 29.8 Å².